The molecule has 1 amide bonds. The van der Waals surface area contributed by atoms with Crippen molar-refractivity contribution >= 4 is 29.1 Å². The number of rotatable bonds is 7. The molecule has 10 heteroatoms. The Labute approximate surface area is 181 Å². The molecule has 1 N–H and O–H groups in total. The molecular formula is C20H18Cl2N4O4. The van der Waals surface area contributed by atoms with E-state index < -0.39 is 22.9 Å². The summed E-state index contributed by atoms with van der Waals surface area (Å²) < 4.78 is 6.81. The molecule has 3 rings (SSSR count). The smallest absolute Gasteiger partial charge is 0.352 e. The highest BCUT2D eigenvalue weighted by molar-refractivity contribution is 6.31. The minimum atomic E-state index is -0.812. The molecule has 1 aromatic heterocycles. The summed E-state index contributed by atoms with van der Waals surface area (Å²) in [5, 5.41) is 7.40. The third-order valence-electron chi connectivity index (χ3n) is 4.15. The van der Waals surface area contributed by atoms with Crippen LogP contribution in [0.4, 0.5) is 0 Å². The fraction of sp³-hybridized carbons (Fsp3) is 0.200. The molecule has 0 aliphatic carbocycles. The molecule has 0 aliphatic heterocycles. The summed E-state index contributed by atoms with van der Waals surface area (Å²) in [6, 6.07) is 13.1. The second kappa shape index (κ2) is 9.71. The number of amides is 1. The molecule has 2 aromatic carbocycles. The second-order valence-electron chi connectivity index (χ2n) is 6.29. The van der Waals surface area contributed by atoms with Gasteiger partial charge in [-0.2, -0.15) is 9.78 Å². The lowest BCUT2D eigenvalue weighted by molar-refractivity contribution is 0.0927. The minimum Gasteiger partial charge on any atom is -0.383 e. The quantitative estimate of drug-likeness (QED) is 0.558. The Morgan fingerprint density at radius 2 is 1.80 bits per heavy atom. The summed E-state index contributed by atoms with van der Waals surface area (Å²) in [5.41, 5.74) is -1.01. The zero-order valence-electron chi connectivity index (χ0n) is 16.0. The summed E-state index contributed by atoms with van der Waals surface area (Å²) in [6.45, 7) is 0.358. The standard InChI is InChI=1S/C20H18Cl2N4O4/c1-30-9-8-23-18(27)17-19(28)25(12-13-4-2-5-14(21)10-13)20(29)26(24-17)16-7-3-6-15(22)11-16/h2-7,10-11H,8-9,12H2,1H3,(H,23,27). The van der Waals surface area contributed by atoms with Gasteiger partial charge in [-0.1, -0.05) is 41.4 Å². The first-order valence-electron chi connectivity index (χ1n) is 8.92. The van der Waals surface area contributed by atoms with E-state index in [0.29, 0.717) is 21.3 Å². The number of ether oxygens (including phenoxy) is 1. The van der Waals surface area contributed by atoms with Crippen LogP contribution in [0.25, 0.3) is 5.69 Å². The van der Waals surface area contributed by atoms with Crippen molar-refractivity contribution in [3.8, 4) is 5.69 Å². The van der Waals surface area contributed by atoms with Crippen LogP contribution in [0.15, 0.2) is 58.1 Å². The predicted octanol–water partition coefficient (Wildman–Crippen LogP) is 2.13. The summed E-state index contributed by atoms with van der Waals surface area (Å²) >= 11 is 12.0. The summed E-state index contributed by atoms with van der Waals surface area (Å²) in [4.78, 5) is 38.6. The monoisotopic (exact) mass is 448 g/mol. The lowest BCUT2D eigenvalue weighted by Gasteiger charge is -2.12. The number of carbonyl (C=O) groups excluding carboxylic acids is 1. The normalized spacial score (nSPS) is 10.8. The van der Waals surface area contributed by atoms with Crippen LogP contribution in [0.3, 0.4) is 0 Å². The van der Waals surface area contributed by atoms with E-state index in [-0.39, 0.29) is 19.7 Å². The van der Waals surface area contributed by atoms with Crippen LogP contribution in [0, 0.1) is 0 Å². The van der Waals surface area contributed by atoms with E-state index in [0.717, 1.165) is 9.25 Å². The molecule has 0 bridgehead atoms. The Balaban J connectivity index is 2.15. The second-order valence-corrected chi connectivity index (χ2v) is 7.17. The number of nitrogens with zero attached hydrogens (tertiary/aromatic N) is 3. The fourth-order valence-electron chi connectivity index (χ4n) is 2.74. The van der Waals surface area contributed by atoms with Crippen molar-refractivity contribution in [2.45, 2.75) is 6.54 Å². The number of aromatic nitrogens is 3. The maximum atomic E-state index is 13.1. The zero-order chi connectivity index (χ0) is 21.7. The number of hydrogen-bond acceptors (Lipinski definition) is 5. The molecule has 30 heavy (non-hydrogen) atoms. The summed E-state index contributed by atoms with van der Waals surface area (Å²) in [7, 11) is 1.49. The van der Waals surface area contributed by atoms with E-state index in [1.54, 1.807) is 42.5 Å². The number of halogens is 2. The van der Waals surface area contributed by atoms with E-state index in [4.69, 9.17) is 27.9 Å². The van der Waals surface area contributed by atoms with Gasteiger partial charge in [0.25, 0.3) is 11.5 Å². The Kier molecular flexibility index (Phi) is 7.04. The molecule has 156 valence electrons. The van der Waals surface area contributed by atoms with Gasteiger partial charge in [-0.3, -0.25) is 14.2 Å². The van der Waals surface area contributed by atoms with E-state index >= 15 is 0 Å². The third kappa shape index (κ3) is 4.96. The number of carbonyl (C=O) groups is 1. The van der Waals surface area contributed by atoms with Crippen LogP contribution in [-0.2, 0) is 11.3 Å². The molecule has 0 saturated carbocycles. The Hall–Kier alpha value is -2.94. The van der Waals surface area contributed by atoms with E-state index in [2.05, 4.69) is 10.4 Å². The highest BCUT2D eigenvalue weighted by Crippen LogP contribution is 2.13. The molecule has 8 nitrogen and oxygen atoms in total. The van der Waals surface area contributed by atoms with Gasteiger partial charge in [0.15, 0.2) is 0 Å². The lowest BCUT2D eigenvalue weighted by atomic mass is 10.2. The Morgan fingerprint density at radius 1 is 1.10 bits per heavy atom. The Bertz CT molecular complexity index is 1190. The SMILES string of the molecule is COCCNC(=O)c1nn(-c2cccc(Cl)c2)c(=O)n(Cc2cccc(Cl)c2)c1=O. The molecule has 0 saturated heterocycles. The first-order valence-corrected chi connectivity index (χ1v) is 9.68. The molecule has 3 aromatic rings. The van der Waals surface area contributed by atoms with Gasteiger partial charge < -0.3 is 10.1 Å². The molecular weight excluding hydrogens is 431 g/mol. The number of hydrogen-bond donors (Lipinski definition) is 1. The van der Waals surface area contributed by atoms with Gasteiger partial charge in [-0.25, -0.2) is 4.79 Å². The third-order valence-corrected chi connectivity index (χ3v) is 4.62. The lowest BCUT2D eigenvalue weighted by Crippen LogP contribution is -2.46. The number of benzene rings is 2. The largest absolute Gasteiger partial charge is 0.383 e. The van der Waals surface area contributed by atoms with Crippen molar-refractivity contribution in [3.63, 3.8) is 0 Å². The molecule has 0 unspecified atom stereocenters. The highest BCUT2D eigenvalue weighted by atomic mass is 35.5. The van der Waals surface area contributed by atoms with Crippen molar-refractivity contribution in [1.29, 1.82) is 0 Å². The van der Waals surface area contributed by atoms with Crippen LogP contribution in [0.5, 0.6) is 0 Å². The van der Waals surface area contributed by atoms with E-state index in [9.17, 15) is 14.4 Å². The van der Waals surface area contributed by atoms with Gasteiger partial charge in [0.2, 0.25) is 5.69 Å². The number of methoxy groups -OCH3 is 1. The maximum absolute atomic E-state index is 13.1. The fourth-order valence-corrected chi connectivity index (χ4v) is 3.14. The van der Waals surface area contributed by atoms with Crippen molar-refractivity contribution in [2.24, 2.45) is 0 Å². The number of nitrogens with one attached hydrogen (secondary N) is 1. The van der Waals surface area contributed by atoms with Crippen LogP contribution < -0.4 is 16.6 Å². The van der Waals surface area contributed by atoms with Crippen molar-refractivity contribution < 1.29 is 9.53 Å². The van der Waals surface area contributed by atoms with E-state index in [1.165, 1.54) is 13.2 Å². The first kappa shape index (κ1) is 21.8. The highest BCUT2D eigenvalue weighted by Gasteiger charge is 2.20. The Morgan fingerprint density at radius 3 is 2.47 bits per heavy atom. The zero-order valence-corrected chi connectivity index (χ0v) is 17.5. The van der Waals surface area contributed by atoms with Gasteiger partial charge in [0, 0.05) is 23.7 Å². The summed E-state index contributed by atoms with van der Waals surface area (Å²) in [6.07, 6.45) is 0. The van der Waals surface area contributed by atoms with Crippen LogP contribution in [-0.4, -0.2) is 40.5 Å². The average molecular weight is 449 g/mol. The van der Waals surface area contributed by atoms with Gasteiger partial charge in [0.05, 0.1) is 18.8 Å². The van der Waals surface area contributed by atoms with Crippen LogP contribution in [0.1, 0.15) is 16.1 Å². The molecule has 1 heterocycles. The van der Waals surface area contributed by atoms with Gasteiger partial charge in [-0.05, 0) is 35.9 Å². The van der Waals surface area contributed by atoms with Crippen molar-refractivity contribution in [3.05, 3.63) is 90.7 Å². The van der Waals surface area contributed by atoms with E-state index in [1.807, 2.05) is 0 Å². The topological polar surface area (TPSA) is 95.2 Å². The molecule has 0 aliphatic rings. The van der Waals surface area contributed by atoms with Crippen LogP contribution in [0.2, 0.25) is 10.0 Å². The maximum Gasteiger partial charge on any atom is 0.352 e. The van der Waals surface area contributed by atoms with Gasteiger partial charge in [0.1, 0.15) is 0 Å². The average Bonchev–Trinajstić information content (AvgIpc) is 2.71. The predicted molar refractivity (Wildman–Crippen MR) is 114 cm³/mol. The van der Waals surface area contributed by atoms with Crippen LogP contribution >= 0.6 is 23.2 Å². The molecule has 0 radical (unpaired) electrons. The first-order chi connectivity index (χ1) is 14.4. The van der Waals surface area contributed by atoms with Crippen molar-refractivity contribution in [1.82, 2.24) is 19.7 Å². The van der Waals surface area contributed by atoms with Gasteiger partial charge in [-0.15, -0.1) is 0 Å². The molecule has 0 fully saturated rings. The van der Waals surface area contributed by atoms with Gasteiger partial charge >= 0.3 is 5.69 Å². The molecule has 0 spiro atoms. The van der Waals surface area contributed by atoms with Crippen molar-refractivity contribution in [2.75, 3.05) is 20.3 Å². The molecule has 0 atom stereocenters. The minimum absolute atomic E-state index is 0.0837. The summed E-state index contributed by atoms with van der Waals surface area (Å²) in [5.74, 6) is -0.715.